The molecule has 98 valence electrons. The van der Waals surface area contributed by atoms with Crippen molar-refractivity contribution in [3.63, 3.8) is 0 Å². The Labute approximate surface area is 103 Å². The first-order valence-electron chi connectivity index (χ1n) is 5.55. The van der Waals surface area contributed by atoms with Crippen LogP contribution in [0.3, 0.4) is 0 Å². The van der Waals surface area contributed by atoms with E-state index < -0.39 is 5.97 Å². The molecule has 1 aromatic rings. The summed E-state index contributed by atoms with van der Waals surface area (Å²) in [6.45, 7) is 4.36. The molecular formula is C10H14N4O4. The van der Waals surface area contributed by atoms with Crippen LogP contribution in [0.1, 0.15) is 24.3 Å². The van der Waals surface area contributed by atoms with E-state index in [9.17, 15) is 9.59 Å². The minimum atomic E-state index is -1.12. The fraction of sp³-hybridized carbons (Fsp3) is 0.600. The topological polar surface area (TPSA) is 97.5 Å². The van der Waals surface area contributed by atoms with Crippen LogP contribution < -0.4 is 5.01 Å². The fourth-order valence-electron chi connectivity index (χ4n) is 1.88. The van der Waals surface area contributed by atoms with Crippen molar-refractivity contribution in [1.82, 2.24) is 15.1 Å². The van der Waals surface area contributed by atoms with E-state index in [1.54, 1.807) is 0 Å². The summed E-state index contributed by atoms with van der Waals surface area (Å²) in [6, 6.07) is -0.00255. The molecule has 1 aliphatic heterocycles. The second-order valence-corrected chi connectivity index (χ2v) is 4.30. The highest BCUT2D eigenvalue weighted by Crippen LogP contribution is 2.22. The van der Waals surface area contributed by atoms with Gasteiger partial charge in [-0.05, 0) is 5.21 Å². The highest BCUT2D eigenvalue weighted by Gasteiger charge is 2.38. The number of hydrogen-bond donors (Lipinski definition) is 1. The van der Waals surface area contributed by atoms with E-state index >= 15 is 0 Å². The maximum atomic E-state index is 10.8. The Balaban J connectivity index is 2.03. The molecule has 18 heavy (non-hydrogen) atoms. The zero-order valence-corrected chi connectivity index (χ0v) is 10.1. The third-order valence-electron chi connectivity index (χ3n) is 2.94. The number of esters is 1. The number of carboxylic acid groups (broad SMARTS) is 1. The van der Waals surface area contributed by atoms with Crippen molar-refractivity contribution in [1.29, 1.82) is 0 Å². The lowest BCUT2D eigenvalue weighted by Crippen LogP contribution is -2.63. The molecule has 2 rings (SSSR count). The van der Waals surface area contributed by atoms with Gasteiger partial charge in [0.2, 0.25) is 0 Å². The summed E-state index contributed by atoms with van der Waals surface area (Å²) in [4.78, 5) is 22.9. The molecule has 1 aromatic heterocycles. The standard InChI is InChI=1S/C10H14N4O4/c1-6-3-13(9(6)5-18-7(2)15)14-4-8(10(16)17)11-12-14/h4,6,9H,3,5H2,1-2H3,(H,16,17). The van der Waals surface area contributed by atoms with Crippen LogP contribution >= 0.6 is 0 Å². The summed E-state index contributed by atoms with van der Waals surface area (Å²) in [5.41, 5.74) is -0.110. The lowest BCUT2D eigenvalue weighted by Gasteiger charge is -2.46. The first-order valence-corrected chi connectivity index (χ1v) is 5.55. The number of rotatable bonds is 4. The summed E-state index contributed by atoms with van der Waals surface area (Å²) in [5.74, 6) is -1.10. The maximum absolute atomic E-state index is 10.8. The Hall–Kier alpha value is -2.12. The van der Waals surface area contributed by atoms with Gasteiger partial charge >= 0.3 is 11.9 Å². The van der Waals surface area contributed by atoms with E-state index in [-0.39, 0.29) is 24.3 Å². The van der Waals surface area contributed by atoms with E-state index in [0.717, 1.165) is 0 Å². The SMILES string of the molecule is CC(=O)OCC1C(C)CN1n1cc(C(=O)O)nn1. The molecule has 0 radical (unpaired) electrons. The van der Waals surface area contributed by atoms with Crippen LogP contribution in [0.15, 0.2) is 6.20 Å². The molecule has 2 atom stereocenters. The van der Waals surface area contributed by atoms with Crippen LogP contribution in [0.2, 0.25) is 0 Å². The summed E-state index contributed by atoms with van der Waals surface area (Å²) >= 11 is 0. The number of carbonyl (C=O) groups excluding carboxylic acids is 1. The molecule has 8 heteroatoms. The van der Waals surface area contributed by atoms with Gasteiger partial charge in [-0.2, -0.15) is 4.79 Å². The Morgan fingerprint density at radius 3 is 2.83 bits per heavy atom. The van der Waals surface area contributed by atoms with E-state index in [2.05, 4.69) is 10.3 Å². The molecule has 0 bridgehead atoms. The minimum Gasteiger partial charge on any atom is -0.476 e. The zero-order chi connectivity index (χ0) is 13.3. The number of aromatic carboxylic acids is 1. The molecule has 0 aliphatic carbocycles. The molecule has 2 unspecified atom stereocenters. The summed E-state index contributed by atoms with van der Waals surface area (Å²) in [6.07, 6.45) is 1.34. The second-order valence-electron chi connectivity index (χ2n) is 4.30. The third kappa shape index (κ3) is 2.27. The van der Waals surface area contributed by atoms with Crippen molar-refractivity contribution >= 4 is 11.9 Å². The van der Waals surface area contributed by atoms with Gasteiger partial charge in [-0.25, -0.2) is 4.79 Å². The average Bonchev–Trinajstić information content (AvgIpc) is 2.74. The first-order chi connectivity index (χ1) is 8.49. The zero-order valence-electron chi connectivity index (χ0n) is 10.1. The van der Waals surface area contributed by atoms with Crippen LogP contribution in [0.5, 0.6) is 0 Å². The van der Waals surface area contributed by atoms with Gasteiger partial charge in [0.1, 0.15) is 6.61 Å². The third-order valence-corrected chi connectivity index (χ3v) is 2.94. The Morgan fingerprint density at radius 1 is 1.61 bits per heavy atom. The molecule has 0 amide bonds. The summed E-state index contributed by atoms with van der Waals surface area (Å²) in [7, 11) is 0. The molecule has 0 saturated carbocycles. The van der Waals surface area contributed by atoms with Gasteiger partial charge < -0.3 is 9.84 Å². The first kappa shape index (κ1) is 12.3. The monoisotopic (exact) mass is 254 g/mol. The highest BCUT2D eigenvalue weighted by atomic mass is 16.5. The number of ether oxygens (including phenoxy) is 1. The van der Waals surface area contributed by atoms with Gasteiger partial charge in [0.25, 0.3) is 0 Å². The number of carboxylic acids is 1. The number of hydrogen-bond acceptors (Lipinski definition) is 6. The van der Waals surface area contributed by atoms with Crippen molar-refractivity contribution in [2.24, 2.45) is 5.92 Å². The maximum Gasteiger partial charge on any atom is 0.358 e. The van der Waals surface area contributed by atoms with Gasteiger partial charge in [0, 0.05) is 19.4 Å². The van der Waals surface area contributed by atoms with E-state index in [1.807, 2.05) is 11.9 Å². The van der Waals surface area contributed by atoms with Gasteiger partial charge in [0.15, 0.2) is 5.69 Å². The van der Waals surface area contributed by atoms with Crippen LogP contribution in [-0.2, 0) is 9.53 Å². The highest BCUT2D eigenvalue weighted by molar-refractivity contribution is 5.84. The van der Waals surface area contributed by atoms with Crippen molar-refractivity contribution in [3.05, 3.63) is 11.9 Å². The predicted octanol–water partition coefficient (Wildman–Crippen LogP) is -0.504. The van der Waals surface area contributed by atoms with Crippen LogP contribution in [0.4, 0.5) is 0 Å². The van der Waals surface area contributed by atoms with E-state index in [0.29, 0.717) is 12.5 Å². The average molecular weight is 254 g/mol. The Morgan fingerprint density at radius 2 is 2.33 bits per heavy atom. The Kier molecular flexibility index (Phi) is 3.17. The van der Waals surface area contributed by atoms with Crippen molar-refractivity contribution in [2.45, 2.75) is 19.9 Å². The lowest BCUT2D eigenvalue weighted by molar-refractivity contribution is -0.142. The molecule has 2 heterocycles. The quantitative estimate of drug-likeness (QED) is 0.723. The summed E-state index contributed by atoms with van der Waals surface area (Å²) in [5, 5.41) is 17.9. The molecule has 8 nitrogen and oxygen atoms in total. The fourth-order valence-corrected chi connectivity index (χ4v) is 1.88. The van der Waals surface area contributed by atoms with Crippen molar-refractivity contribution < 1.29 is 19.4 Å². The molecular weight excluding hydrogens is 240 g/mol. The largest absolute Gasteiger partial charge is 0.476 e. The van der Waals surface area contributed by atoms with Gasteiger partial charge in [-0.15, -0.1) is 5.10 Å². The second kappa shape index (κ2) is 4.63. The van der Waals surface area contributed by atoms with Crippen molar-refractivity contribution in [2.75, 3.05) is 18.2 Å². The summed E-state index contributed by atoms with van der Waals surface area (Å²) < 4.78 is 4.96. The Bertz CT molecular complexity index is 472. The van der Waals surface area contributed by atoms with Crippen LogP contribution in [-0.4, -0.2) is 51.3 Å². The molecule has 0 aromatic carbocycles. The molecule has 1 N–H and O–H groups in total. The number of nitrogens with zero attached hydrogens (tertiary/aromatic N) is 4. The van der Waals surface area contributed by atoms with Gasteiger partial charge in [-0.3, -0.25) is 9.80 Å². The van der Waals surface area contributed by atoms with Crippen molar-refractivity contribution in [3.8, 4) is 0 Å². The minimum absolute atomic E-state index is 0.00255. The number of carbonyl (C=O) groups is 2. The smallest absolute Gasteiger partial charge is 0.358 e. The van der Waals surface area contributed by atoms with Gasteiger partial charge in [-0.1, -0.05) is 6.92 Å². The predicted molar refractivity (Wildman–Crippen MR) is 59.7 cm³/mol. The van der Waals surface area contributed by atoms with E-state index in [1.165, 1.54) is 17.9 Å². The molecule has 1 saturated heterocycles. The van der Waals surface area contributed by atoms with E-state index in [4.69, 9.17) is 9.84 Å². The van der Waals surface area contributed by atoms with Crippen LogP contribution in [0, 0.1) is 5.92 Å². The molecule has 0 spiro atoms. The molecule has 1 aliphatic rings. The molecule has 1 fully saturated rings. The normalized spacial score (nSPS) is 22.4. The number of aromatic nitrogens is 3. The lowest BCUT2D eigenvalue weighted by atomic mass is 9.93. The van der Waals surface area contributed by atoms with Gasteiger partial charge in [0.05, 0.1) is 12.2 Å². The van der Waals surface area contributed by atoms with Crippen LogP contribution in [0.25, 0.3) is 0 Å².